The van der Waals surface area contributed by atoms with Crippen molar-refractivity contribution < 1.29 is 8.85 Å². The third-order valence-electron chi connectivity index (χ3n) is 5.56. The lowest BCUT2D eigenvalue weighted by Crippen LogP contribution is -2.57. The molecule has 2 nitrogen and oxygen atoms in total. The fourth-order valence-electron chi connectivity index (χ4n) is 5.01. The Hall–Kier alpha value is -0.426. The summed E-state index contributed by atoms with van der Waals surface area (Å²) >= 11 is 0. The first kappa shape index (κ1) is 27.6. The summed E-state index contributed by atoms with van der Waals surface area (Å²) in [6.45, 7) is 22.5. The lowest BCUT2D eigenvalue weighted by atomic mass is 10.2. The summed E-state index contributed by atoms with van der Waals surface area (Å²) in [7, 11) is -4.00. The van der Waals surface area contributed by atoms with Crippen molar-refractivity contribution in [2.75, 3.05) is 0 Å². The van der Waals surface area contributed by atoms with Gasteiger partial charge in [0, 0.05) is 11.2 Å². The van der Waals surface area contributed by atoms with Crippen molar-refractivity contribution in [2.24, 2.45) is 0 Å². The molecular weight excluding hydrogens is 400 g/mol. The van der Waals surface area contributed by atoms with E-state index in [0.717, 1.165) is 0 Å². The zero-order valence-electron chi connectivity index (χ0n) is 21.8. The predicted molar refractivity (Wildman–Crippen MR) is 139 cm³/mol. The molecule has 1 rings (SSSR count). The van der Waals surface area contributed by atoms with Gasteiger partial charge in [-0.3, -0.25) is 0 Å². The fraction of sp³-hybridized carbons (Fsp3) is 0.769. The van der Waals surface area contributed by atoms with Gasteiger partial charge in [0.1, 0.15) is 0 Å². The average molecular weight is 451 g/mol. The van der Waals surface area contributed by atoms with Gasteiger partial charge in [-0.2, -0.15) is 0 Å². The van der Waals surface area contributed by atoms with E-state index >= 15 is 0 Å². The normalized spacial score (nSPS) is 13.7. The highest BCUT2D eigenvalue weighted by molar-refractivity contribution is 6.88. The van der Waals surface area contributed by atoms with Crippen LogP contribution < -0.4 is 10.4 Å². The van der Waals surface area contributed by atoms with E-state index < -0.39 is 16.6 Å². The second-order valence-electron chi connectivity index (χ2n) is 11.0. The first-order valence-electron chi connectivity index (χ1n) is 12.4. The average Bonchev–Trinajstić information content (AvgIpc) is 2.60. The maximum absolute atomic E-state index is 6.91. The highest BCUT2D eigenvalue weighted by Gasteiger charge is 2.42. The SMILES string of the molecule is CCC[Si](CCC)(OC(C)(C)C)c1ccc([Si](CCC)(CCC)OC(C)(C)C)cc1. The fourth-order valence-corrected chi connectivity index (χ4v) is 14.4. The quantitative estimate of drug-likeness (QED) is 0.312. The van der Waals surface area contributed by atoms with Crippen molar-refractivity contribution in [3.63, 3.8) is 0 Å². The van der Waals surface area contributed by atoms with Gasteiger partial charge in [0.25, 0.3) is 0 Å². The van der Waals surface area contributed by atoms with Gasteiger partial charge in [-0.15, -0.1) is 0 Å². The Labute approximate surface area is 190 Å². The molecule has 0 bridgehead atoms. The minimum Gasteiger partial charge on any atom is -0.408 e. The van der Waals surface area contributed by atoms with Gasteiger partial charge in [0.15, 0.2) is 0 Å². The summed E-state index contributed by atoms with van der Waals surface area (Å²) in [5, 5.41) is 2.94. The lowest BCUT2D eigenvalue weighted by Gasteiger charge is -2.40. The summed E-state index contributed by atoms with van der Waals surface area (Å²) in [6, 6.07) is 14.4. The second kappa shape index (κ2) is 11.4. The summed E-state index contributed by atoms with van der Waals surface area (Å²) in [4.78, 5) is 0. The predicted octanol–water partition coefficient (Wildman–Crippen LogP) is 7.26. The maximum Gasteiger partial charge on any atom is 0.224 e. The smallest absolute Gasteiger partial charge is 0.224 e. The van der Waals surface area contributed by atoms with Crippen molar-refractivity contribution in [3.05, 3.63) is 24.3 Å². The minimum absolute atomic E-state index is 0.104. The van der Waals surface area contributed by atoms with E-state index in [9.17, 15) is 0 Å². The Kier molecular flexibility index (Phi) is 10.5. The van der Waals surface area contributed by atoms with Crippen LogP contribution in [0.4, 0.5) is 0 Å². The van der Waals surface area contributed by atoms with Gasteiger partial charge in [0.2, 0.25) is 16.6 Å². The van der Waals surface area contributed by atoms with Crippen LogP contribution in [0.5, 0.6) is 0 Å². The summed E-state index contributed by atoms with van der Waals surface area (Å²) < 4.78 is 13.8. The standard InChI is InChI=1S/C26H50O2Si2/c1-11-19-29(20-12-2,27-25(5,6)7)23-15-17-24(18-16-23)30(21-13-3,22-14-4)28-26(8,9)10/h15-18H,11-14,19-22H2,1-10H3. The van der Waals surface area contributed by atoms with Crippen LogP contribution >= 0.6 is 0 Å². The molecule has 0 atom stereocenters. The third kappa shape index (κ3) is 7.92. The Morgan fingerprint density at radius 1 is 0.533 bits per heavy atom. The van der Waals surface area contributed by atoms with Gasteiger partial charge in [-0.1, -0.05) is 77.6 Å². The molecule has 0 radical (unpaired) electrons. The molecule has 0 aromatic heterocycles. The molecule has 0 N–H and O–H groups in total. The number of benzene rings is 1. The summed E-state index contributed by atoms with van der Waals surface area (Å²) in [6.07, 6.45) is 4.73. The monoisotopic (exact) mass is 450 g/mol. The molecule has 0 amide bonds. The number of hydrogen-bond donors (Lipinski definition) is 0. The summed E-state index contributed by atoms with van der Waals surface area (Å²) in [5.41, 5.74) is -0.207. The second-order valence-corrected chi connectivity index (χ2v) is 18.5. The van der Waals surface area contributed by atoms with Crippen LogP contribution in [0.2, 0.25) is 24.2 Å². The largest absolute Gasteiger partial charge is 0.408 e. The van der Waals surface area contributed by atoms with E-state index in [0.29, 0.717) is 0 Å². The highest BCUT2D eigenvalue weighted by Crippen LogP contribution is 2.29. The Bertz CT molecular complexity index is 544. The van der Waals surface area contributed by atoms with E-state index in [-0.39, 0.29) is 11.2 Å². The van der Waals surface area contributed by atoms with Gasteiger partial charge < -0.3 is 8.85 Å². The van der Waals surface area contributed by atoms with Crippen LogP contribution in [0.25, 0.3) is 0 Å². The molecule has 0 unspecified atom stereocenters. The molecule has 1 aromatic carbocycles. The van der Waals surface area contributed by atoms with Crippen molar-refractivity contribution in [3.8, 4) is 0 Å². The molecule has 0 aliphatic rings. The van der Waals surface area contributed by atoms with Gasteiger partial charge in [-0.05, 0) is 76.1 Å². The van der Waals surface area contributed by atoms with E-state index in [1.54, 1.807) is 0 Å². The molecule has 0 heterocycles. The van der Waals surface area contributed by atoms with Crippen LogP contribution in [0.1, 0.15) is 94.9 Å². The van der Waals surface area contributed by atoms with Gasteiger partial charge in [0.05, 0.1) is 0 Å². The minimum atomic E-state index is -2.00. The Morgan fingerprint density at radius 3 is 0.933 bits per heavy atom. The molecule has 30 heavy (non-hydrogen) atoms. The molecule has 4 heteroatoms. The first-order valence-corrected chi connectivity index (χ1v) is 17.0. The van der Waals surface area contributed by atoms with Crippen LogP contribution in [-0.4, -0.2) is 27.8 Å². The zero-order valence-corrected chi connectivity index (χ0v) is 23.8. The van der Waals surface area contributed by atoms with Crippen LogP contribution in [0, 0.1) is 0 Å². The van der Waals surface area contributed by atoms with E-state index in [1.807, 2.05) is 0 Å². The Morgan fingerprint density at radius 2 is 0.767 bits per heavy atom. The molecule has 0 fully saturated rings. The molecule has 174 valence electrons. The molecule has 0 saturated heterocycles. The lowest BCUT2D eigenvalue weighted by molar-refractivity contribution is 0.119. The molecule has 0 spiro atoms. The van der Waals surface area contributed by atoms with Crippen molar-refractivity contribution in [1.82, 2.24) is 0 Å². The van der Waals surface area contributed by atoms with Crippen LogP contribution in [-0.2, 0) is 8.85 Å². The summed E-state index contributed by atoms with van der Waals surface area (Å²) in [5.74, 6) is 0. The Balaban J connectivity index is 3.46. The molecule has 0 saturated carbocycles. The van der Waals surface area contributed by atoms with Crippen molar-refractivity contribution >= 4 is 27.0 Å². The van der Waals surface area contributed by atoms with Gasteiger partial charge in [-0.25, -0.2) is 0 Å². The molecular formula is C26H50O2Si2. The van der Waals surface area contributed by atoms with E-state index in [2.05, 4.69) is 93.5 Å². The zero-order chi connectivity index (χ0) is 23.1. The van der Waals surface area contributed by atoms with Crippen LogP contribution in [0.15, 0.2) is 24.3 Å². The molecule has 1 aromatic rings. The van der Waals surface area contributed by atoms with Crippen molar-refractivity contribution in [2.45, 2.75) is 130 Å². The first-order chi connectivity index (χ1) is 13.9. The maximum atomic E-state index is 6.91. The molecule has 0 aliphatic carbocycles. The topological polar surface area (TPSA) is 18.5 Å². The third-order valence-corrected chi connectivity index (χ3v) is 15.6. The number of rotatable bonds is 12. The van der Waals surface area contributed by atoms with Gasteiger partial charge >= 0.3 is 0 Å². The van der Waals surface area contributed by atoms with E-state index in [1.165, 1.54) is 60.2 Å². The molecule has 0 aliphatic heterocycles. The number of hydrogen-bond acceptors (Lipinski definition) is 2. The van der Waals surface area contributed by atoms with Crippen LogP contribution in [0.3, 0.4) is 0 Å². The van der Waals surface area contributed by atoms with E-state index in [4.69, 9.17) is 8.85 Å². The highest BCUT2D eigenvalue weighted by atomic mass is 28.4. The van der Waals surface area contributed by atoms with Crippen molar-refractivity contribution in [1.29, 1.82) is 0 Å².